The second kappa shape index (κ2) is 6.89. The minimum atomic E-state index is -2.97. The Morgan fingerprint density at radius 2 is 2.17 bits per heavy atom. The quantitative estimate of drug-likeness (QED) is 0.598. The molecule has 0 aliphatic rings. The number of hydrogen-bond acceptors (Lipinski definition) is 3. The van der Waals surface area contributed by atoms with Crippen LogP contribution in [0.2, 0.25) is 5.02 Å². The molecular weight excluding hydrogens is 333 g/mol. The van der Waals surface area contributed by atoms with Crippen molar-refractivity contribution in [2.45, 2.75) is 18.9 Å². The first kappa shape index (κ1) is 15.2. The predicted octanol–water partition coefficient (Wildman–Crippen LogP) is 4.01. The van der Waals surface area contributed by atoms with E-state index in [9.17, 15) is 13.6 Å². The minimum Gasteiger partial charge on any atom is -0.462 e. The Balaban J connectivity index is 3.16. The first-order valence-corrected chi connectivity index (χ1v) is 6.49. The van der Waals surface area contributed by atoms with Crippen molar-refractivity contribution >= 4 is 33.5 Å². The number of benzene rings is 1. The maximum Gasteiger partial charge on any atom is 0.387 e. The number of alkyl halides is 3. The minimum absolute atomic E-state index is 0.00105. The van der Waals surface area contributed by atoms with Crippen molar-refractivity contribution in [3.63, 3.8) is 0 Å². The molecule has 0 bridgehead atoms. The Kier molecular flexibility index (Phi) is 5.81. The van der Waals surface area contributed by atoms with E-state index in [1.807, 2.05) is 0 Å². The van der Waals surface area contributed by atoms with Gasteiger partial charge in [-0.3, -0.25) is 0 Å². The highest BCUT2D eigenvalue weighted by Crippen LogP contribution is 2.30. The third-order valence-corrected chi connectivity index (χ3v) is 2.92. The van der Waals surface area contributed by atoms with Gasteiger partial charge in [-0.25, -0.2) is 4.79 Å². The summed E-state index contributed by atoms with van der Waals surface area (Å²) in [5.74, 6) is -0.780. The molecule has 1 aromatic carbocycles. The summed E-state index contributed by atoms with van der Waals surface area (Å²) in [6.45, 7) is -1.17. The van der Waals surface area contributed by atoms with Gasteiger partial charge >= 0.3 is 12.6 Å². The van der Waals surface area contributed by atoms with Crippen molar-refractivity contribution in [3.8, 4) is 5.75 Å². The number of carbonyl (C=O) groups excluding carboxylic acids is 1. The van der Waals surface area contributed by atoms with Gasteiger partial charge in [-0.15, -0.1) is 0 Å². The lowest BCUT2D eigenvalue weighted by atomic mass is 10.1. The molecule has 1 rings (SSSR count). The second-order valence-electron chi connectivity index (χ2n) is 3.17. The van der Waals surface area contributed by atoms with Crippen molar-refractivity contribution < 1.29 is 23.0 Å². The number of halogens is 4. The fraction of sp³-hybridized carbons (Fsp3) is 0.364. The highest BCUT2D eigenvalue weighted by atomic mass is 79.9. The summed E-state index contributed by atoms with van der Waals surface area (Å²) in [5.41, 5.74) is 0.423. The van der Waals surface area contributed by atoms with Gasteiger partial charge in [-0.05, 0) is 19.1 Å². The van der Waals surface area contributed by atoms with Crippen LogP contribution in [0.4, 0.5) is 8.78 Å². The normalized spacial score (nSPS) is 10.6. The first-order chi connectivity index (χ1) is 8.49. The van der Waals surface area contributed by atoms with Crippen LogP contribution in [0.5, 0.6) is 5.75 Å². The third-order valence-electron chi connectivity index (χ3n) is 2.01. The zero-order valence-corrected chi connectivity index (χ0v) is 11.7. The number of esters is 1. The van der Waals surface area contributed by atoms with Crippen molar-refractivity contribution in [3.05, 3.63) is 28.3 Å². The van der Waals surface area contributed by atoms with E-state index in [4.69, 9.17) is 16.3 Å². The van der Waals surface area contributed by atoms with Gasteiger partial charge in [0, 0.05) is 10.9 Å². The summed E-state index contributed by atoms with van der Waals surface area (Å²) in [4.78, 5) is 11.5. The van der Waals surface area contributed by atoms with E-state index < -0.39 is 12.6 Å². The predicted molar refractivity (Wildman–Crippen MR) is 66.7 cm³/mol. The molecule has 0 atom stereocenters. The van der Waals surface area contributed by atoms with E-state index in [2.05, 4.69) is 20.7 Å². The van der Waals surface area contributed by atoms with Gasteiger partial charge in [-0.1, -0.05) is 27.5 Å². The van der Waals surface area contributed by atoms with E-state index in [1.165, 1.54) is 6.07 Å². The molecule has 3 nitrogen and oxygen atoms in total. The van der Waals surface area contributed by atoms with Crippen LogP contribution < -0.4 is 4.74 Å². The van der Waals surface area contributed by atoms with Crippen molar-refractivity contribution in [2.24, 2.45) is 0 Å². The van der Waals surface area contributed by atoms with Crippen LogP contribution in [0.1, 0.15) is 22.8 Å². The highest BCUT2D eigenvalue weighted by molar-refractivity contribution is 9.08. The Bertz CT molecular complexity index is 441. The Hall–Kier alpha value is -0.880. The van der Waals surface area contributed by atoms with Crippen LogP contribution >= 0.6 is 27.5 Å². The van der Waals surface area contributed by atoms with E-state index in [0.717, 1.165) is 6.07 Å². The van der Waals surface area contributed by atoms with E-state index in [1.54, 1.807) is 6.92 Å². The molecule has 0 N–H and O–H groups in total. The molecule has 0 aromatic heterocycles. The zero-order chi connectivity index (χ0) is 13.7. The third kappa shape index (κ3) is 3.81. The van der Waals surface area contributed by atoms with Gasteiger partial charge in [-0.2, -0.15) is 8.78 Å². The summed E-state index contributed by atoms with van der Waals surface area (Å²) >= 11 is 9.01. The van der Waals surface area contributed by atoms with Gasteiger partial charge in [0.15, 0.2) is 0 Å². The Morgan fingerprint density at radius 3 is 2.67 bits per heavy atom. The molecule has 0 saturated carbocycles. The van der Waals surface area contributed by atoms with Crippen LogP contribution in [0, 0.1) is 0 Å². The summed E-state index contributed by atoms with van der Waals surface area (Å²) in [5, 5.41) is 0.405. The first-order valence-electron chi connectivity index (χ1n) is 4.99. The van der Waals surface area contributed by atoms with E-state index in [0.29, 0.717) is 5.56 Å². The average Bonchev–Trinajstić information content (AvgIpc) is 2.30. The molecule has 0 unspecified atom stereocenters. The van der Waals surface area contributed by atoms with Crippen molar-refractivity contribution in [1.29, 1.82) is 0 Å². The second-order valence-corrected chi connectivity index (χ2v) is 4.14. The number of carbonyl (C=O) groups is 1. The van der Waals surface area contributed by atoms with E-state index in [-0.39, 0.29) is 28.3 Å². The van der Waals surface area contributed by atoms with Crippen LogP contribution in [0.3, 0.4) is 0 Å². The SMILES string of the molecule is CCOC(=O)c1cc(OC(F)F)c(CBr)cc1Cl. The summed E-state index contributed by atoms with van der Waals surface area (Å²) in [6.07, 6.45) is 0. The maximum atomic E-state index is 12.2. The monoisotopic (exact) mass is 342 g/mol. The van der Waals surface area contributed by atoms with Crippen LogP contribution in [-0.4, -0.2) is 19.2 Å². The summed E-state index contributed by atoms with van der Waals surface area (Å²) in [6, 6.07) is 2.54. The van der Waals surface area contributed by atoms with Gasteiger partial charge in [0.05, 0.1) is 17.2 Å². The lowest BCUT2D eigenvalue weighted by Gasteiger charge is -2.12. The number of hydrogen-bond donors (Lipinski definition) is 0. The average molecular weight is 344 g/mol. The lowest BCUT2D eigenvalue weighted by Crippen LogP contribution is -2.09. The van der Waals surface area contributed by atoms with Crippen LogP contribution in [0.25, 0.3) is 0 Å². The standard InChI is InChI=1S/C11H10BrClF2O3/c1-2-17-10(16)7-4-9(18-11(14)15)6(5-12)3-8(7)13/h3-4,11H,2,5H2,1H3. The highest BCUT2D eigenvalue weighted by Gasteiger charge is 2.18. The lowest BCUT2D eigenvalue weighted by molar-refractivity contribution is -0.0504. The molecule has 0 radical (unpaired) electrons. The molecule has 0 amide bonds. The molecule has 0 aliphatic carbocycles. The molecule has 0 saturated heterocycles. The molecule has 0 spiro atoms. The van der Waals surface area contributed by atoms with E-state index >= 15 is 0 Å². The zero-order valence-electron chi connectivity index (χ0n) is 9.38. The smallest absolute Gasteiger partial charge is 0.387 e. The Labute approximate surface area is 116 Å². The molecule has 0 aliphatic heterocycles. The maximum absolute atomic E-state index is 12.2. The fourth-order valence-corrected chi connectivity index (χ4v) is 1.97. The molecule has 0 heterocycles. The number of rotatable bonds is 5. The van der Waals surface area contributed by atoms with Gasteiger partial charge in [0.2, 0.25) is 0 Å². The number of ether oxygens (including phenoxy) is 2. The molecule has 1 aromatic rings. The van der Waals surface area contributed by atoms with Crippen LogP contribution in [-0.2, 0) is 10.1 Å². The molecular formula is C11H10BrClF2O3. The molecule has 100 valence electrons. The van der Waals surface area contributed by atoms with Gasteiger partial charge in [0.1, 0.15) is 5.75 Å². The van der Waals surface area contributed by atoms with Crippen LogP contribution in [0.15, 0.2) is 12.1 Å². The van der Waals surface area contributed by atoms with Gasteiger partial charge in [0.25, 0.3) is 0 Å². The topological polar surface area (TPSA) is 35.5 Å². The Morgan fingerprint density at radius 1 is 1.50 bits per heavy atom. The largest absolute Gasteiger partial charge is 0.462 e. The molecule has 0 fully saturated rings. The molecule has 7 heteroatoms. The summed E-state index contributed by atoms with van der Waals surface area (Å²) < 4.78 is 33.6. The molecule has 18 heavy (non-hydrogen) atoms. The fourth-order valence-electron chi connectivity index (χ4n) is 1.27. The van der Waals surface area contributed by atoms with Crippen molar-refractivity contribution in [1.82, 2.24) is 0 Å². The van der Waals surface area contributed by atoms with Gasteiger partial charge < -0.3 is 9.47 Å². The van der Waals surface area contributed by atoms with Crippen molar-refractivity contribution in [2.75, 3.05) is 6.61 Å². The summed E-state index contributed by atoms with van der Waals surface area (Å²) in [7, 11) is 0.